The zero-order valence-corrected chi connectivity index (χ0v) is 14.1. The summed E-state index contributed by atoms with van der Waals surface area (Å²) in [5.41, 5.74) is 2.52. The molecule has 25 heavy (non-hydrogen) atoms. The monoisotopic (exact) mass is 336 g/mol. The van der Waals surface area contributed by atoms with E-state index in [1.54, 1.807) is 7.11 Å². The Balaban J connectivity index is 1.47. The molecule has 2 aromatic carbocycles. The number of anilines is 1. The van der Waals surface area contributed by atoms with Gasteiger partial charge in [-0.05, 0) is 18.2 Å². The average Bonchev–Trinajstić information content (AvgIpc) is 3.12. The first kappa shape index (κ1) is 15.5. The van der Waals surface area contributed by atoms with Gasteiger partial charge in [0, 0.05) is 43.3 Å². The van der Waals surface area contributed by atoms with E-state index in [1.807, 2.05) is 47.4 Å². The number of benzene rings is 2. The molecule has 0 aliphatic carbocycles. The highest BCUT2D eigenvalue weighted by atomic mass is 16.5. The molecular formula is C19H20N4O2. The first-order valence-corrected chi connectivity index (χ1v) is 8.37. The largest absolute Gasteiger partial charge is 0.497 e. The lowest BCUT2D eigenvalue weighted by Gasteiger charge is -2.36. The van der Waals surface area contributed by atoms with Crippen molar-refractivity contribution < 1.29 is 9.53 Å². The van der Waals surface area contributed by atoms with Gasteiger partial charge in [0.1, 0.15) is 11.4 Å². The van der Waals surface area contributed by atoms with Crippen LogP contribution in [0.2, 0.25) is 0 Å². The molecule has 1 aliphatic heterocycles. The van der Waals surface area contributed by atoms with Crippen LogP contribution in [0.1, 0.15) is 10.5 Å². The molecular weight excluding hydrogens is 316 g/mol. The molecule has 0 atom stereocenters. The Labute approximate surface area is 146 Å². The highest BCUT2D eigenvalue weighted by Gasteiger charge is 2.24. The van der Waals surface area contributed by atoms with Crippen molar-refractivity contribution in [1.82, 2.24) is 15.1 Å². The Morgan fingerprint density at radius 2 is 1.88 bits per heavy atom. The van der Waals surface area contributed by atoms with Gasteiger partial charge < -0.3 is 14.5 Å². The van der Waals surface area contributed by atoms with Crippen LogP contribution in [-0.2, 0) is 0 Å². The van der Waals surface area contributed by atoms with Gasteiger partial charge in [-0.3, -0.25) is 9.89 Å². The normalized spacial score (nSPS) is 14.8. The maximum absolute atomic E-state index is 12.8. The number of para-hydroxylation sites is 1. The number of H-pyrrole nitrogens is 1. The van der Waals surface area contributed by atoms with Crippen molar-refractivity contribution in [1.29, 1.82) is 0 Å². The van der Waals surface area contributed by atoms with Crippen LogP contribution in [0, 0.1) is 0 Å². The van der Waals surface area contributed by atoms with Gasteiger partial charge in [0.15, 0.2) is 0 Å². The van der Waals surface area contributed by atoms with E-state index < -0.39 is 0 Å². The molecule has 4 rings (SSSR count). The van der Waals surface area contributed by atoms with Gasteiger partial charge in [-0.15, -0.1) is 0 Å². The molecule has 2 heterocycles. The maximum atomic E-state index is 12.8. The quantitative estimate of drug-likeness (QED) is 0.798. The summed E-state index contributed by atoms with van der Waals surface area (Å²) in [5, 5.41) is 7.99. The van der Waals surface area contributed by atoms with Crippen molar-refractivity contribution in [2.45, 2.75) is 0 Å². The third kappa shape index (κ3) is 2.91. The van der Waals surface area contributed by atoms with Gasteiger partial charge in [-0.1, -0.05) is 24.3 Å². The minimum absolute atomic E-state index is 0.0130. The second-order valence-corrected chi connectivity index (χ2v) is 6.10. The van der Waals surface area contributed by atoms with Crippen molar-refractivity contribution in [2.75, 3.05) is 38.2 Å². The minimum atomic E-state index is 0.0130. The second-order valence-electron chi connectivity index (χ2n) is 6.10. The van der Waals surface area contributed by atoms with Crippen LogP contribution in [0.3, 0.4) is 0 Å². The van der Waals surface area contributed by atoms with Crippen molar-refractivity contribution in [3.8, 4) is 5.75 Å². The Bertz CT molecular complexity index is 897. The standard InChI is InChI=1S/C19H20N4O2/c1-25-15-6-4-5-14(13-15)22-9-11-23(12-10-22)19(24)18-16-7-2-3-8-17(16)20-21-18/h2-8,13H,9-12H2,1H3,(H,20,21). The number of carbonyl (C=O) groups is 1. The van der Waals surface area contributed by atoms with Crippen LogP contribution in [0.4, 0.5) is 5.69 Å². The minimum Gasteiger partial charge on any atom is -0.497 e. The van der Waals surface area contributed by atoms with Gasteiger partial charge in [0.05, 0.1) is 12.6 Å². The smallest absolute Gasteiger partial charge is 0.272 e. The lowest BCUT2D eigenvalue weighted by molar-refractivity contribution is 0.0742. The van der Waals surface area contributed by atoms with Crippen LogP contribution < -0.4 is 9.64 Å². The molecule has 1 saturated heterocycles. The first-order valence-electron chi connectivity index (χ1n) is 8.37. The predicted molar refractivity (Wildman–Crippen MR) is 97.2 cm³/mol. The van der Waals surface area contributed by atoms with Crippen LogP contribution in [0.25, 0.3) is 10.9 Å². The summed E-state index contributed by atoms with van der Waals surface area (Å²) in [6.45, 7) is 2.96. The number of carbonyl (C=O) groups excluding carboxylic acids is 1. The number of methoxy groups -OCH3 is 1. The fourth-order valence-corrected chi connectivity index (χ4v) is 3.25. The van der Waals surface area contributed by atoms with Crippen molar-refractivity contribution in [3.05, 3.63) is 54.2 Å². The van der Waals surface area contributed by atoms with E-state index in [9.17, 15) is 4.79 Å². The highest BCUT2D eigenvalue weighted by molar-refractivity contribution is 6.04. The summed E-state index contributed by atoms with van der Waals surface area (Å²) >= 11 is 0. The molecule has 1 aromatic heterocycles. The fourth-order valence-electron chi connectivity index (χ4n) is 3.25. The number of ether oxygens (including phenoxy) is 1. The lowest BCUT2D eigenvalue weighted by atomic mass is 10.2. The summed E-state index contributed by atoms with van der Waals surface area (Å²) in [5.74, 6) is 0.860. The number of amides is 1. The summed E-state index contributed by atoms with van der Waals surface area (Å²) < 4.78 is 5.29. The zero-order valence-electron chi connectivity index (χ0n) is 14.1. The van der Waals surface area contributed by atoms with Crippen LogP contribution in [-0.4, -0.2) is 54.3 Å². The number of nitrogens with one attached hydrogen (secondary N) is 1. The molecule has 3 aromatic rings. The van der Waals surface area contributed by atoms with E-state index in [2.05, 4.69) is 21.2 Å². The molecule has 0 unspecified atom stereocenters. The molecule has 0 spiro atoms. The fraction of sp³-hybridized carbons (Fsp3) is 0.263. The molecule has 6 heteroatoms. The third-order valence-electron chi connectivity index (χ3n) is 4.66. The Hall–Kier alpha value is -3.02. The molecule has 1 aliphatic rings. The van der Waals surface area contributed by atoms with Gasteiger partial charge in [-0.2, -0.15) is 5.10 Å². The second kappa shape index (κ2) is 6.47. The van der Waals surface area contributed by atoms with Gasteiger partial charge in [0.25, 0.3) is 5.91 Å². The predicted octanol–water partition coefficient (Wildman–Crippen LogP) is 2.53. The lowest BCUT2D eigenvalue weighted by Crippen LogP contribution is -2.48. The van der Waals surface area contributed by atoms with Gasteiger partial charge in [0.2, 0.25) is 0 Å². The molecule has 0 radical (unpaired) electrons. The number of aromatic amines is 1. The number of rotatable bonds is 3. The van der Waals surface area contributed by atoms with E-state index in [1.165, 1.54) is 0 Å². The summed E-state index contributed by atoms with van der Waals surface area (Å²) in [6.07, 6.45) is 0. The van der Waals surface area contributed by atoms with Gasteiger partial charge >= 0.3 is 0 Å². The number of piperazine rings is 1. The highest BCUT2D eigenvalue weighted by Crippen LogP contribution is 2.23. The van der Waals surface area contributed by atoms with E-state index in [0.717, 1.165) is 35.4 Å². The Morgan fingerprint density at radius 1 is 1.08 bits per heavy atom. The zero-order chi connectivity index (χ0) is 17.2. The number of aromatic nitrogens is 2. The molecule has 128 valence electrons. The number of hydrogen-bond donors (Lipinski definition) is 1. The summed E-state index contributed by atoms with van der Waals surface area (Å²) in [7, 11) is 1.67. The number of hydrogen-bond acceptors (Lipinski definition) is 4. The molecule has 0 saturated carbocycles. The number of nitrogens with zero attached hydrogens (tertiary/aromatic N) is 3. The molecule has 1 N–H and O–H groups in total. The first-order chi connectivity index (χ1) is 12.3. The third-order valence-corrected chi connectivity index (χ3v) is 4.66. The van der Waals surface area contributed by atoms with Crippen molar-refractivity contribution in [3.63, 3.8) is 0 Å². The maximum Gasteiger partial charge on any atom is 0.272 e. The van der Waals surface area contributed by atoms with E-state index in [4.69, 9.17) is 4.74 Å². The van der Waals surface area contributed by atoms with Crippen molar-refractivity contribution in [2.24, 2.45) is 0 Å². The van der Waals surface area contributed by atoms with E-state index in [-0.39, 0.29) is 5.91 Å². The number of fused-ring (bicyclic) bond motifs is 1. The van der Waals surface area contributed by atoms with Crippen LogP contribution in [0.15, 0.2) is 48.5 Å². The summed E-state index contributed by atoms with van der Waals surface area (Å²) in [6, 6.07) is 15.7. The molecule has 1 amide bonds. The summed E-state index contributed by atoms with van der Waals surface area (Å²) in [4.78, 5) is 17.0. The topological polar surface area (TPSA) is 61.5 Å². The van der Waals surface area contributed by atoms with Crippen molar-refractivity contribution >= 4 is 22.5 Å². The van der Waals surface area contributed by atoms with Crippen LogP contribution >= 0.6 is 0 Å². The molecule has 6 nitrogen and oxygen atoms in total. The molecule has 0 bridgehead atoms. The average molecular weight is 336 g/mol. The molecule has 1 fully saturated rings. The van der Waals surface area contributed by atoms with E-state index in [0.29, 0.717) is 18.8 Å². The Morgan fingerprint density at radius 3 is 2.68 bits per heavy atom. The van der Waals surface area contributed by atoms with E-state index >= 15 is 0 Å². The van der Waals surface area contributed by atoms with Gasteiger partial charge in [-0.25, -0.2) is 0 Å². The Kier molecular flexibility index (Phi) is 4.01. The SMILES string of the molecule is COc1cccc(N2CCN(C(=O)c3[nH]nc4ccccc34)CC2)c1. The van der Waals surface area contributed by atoms with Crippen LogP contribution in [0.5, 0.6) is 5.75 Å².